The van der Waals surface area contributed by atoms with Crippen LogP contribution in [-0.2, 0) is 0 Å². The van der Waals surface area contributed by atoms with Crippen molar-refractivity contribution in [2.75, 3.05) is 14.2 Å². The Labute approximate surface area is 133 Å². The van der Waals surface area contributed by atoms with Crippen molar-refractivity contribution in [2.45, 2.75) is 0 Å². The smallest absolute Gasteiger partial charge is 0.266 e. The minimum Gasteiger partial charge on any atom is -0.496 e. The average molecular weight is 313 g/mol. The van der Waals surface area contributed by atoms with Crippen LogP contribution in [0.1, 0.15) is 0 Å². The van der Waals surface area contributed by atoms with Crippen LogP contribution in [0.2, 0.25) is 0 Å². The minimum atomic E-state index is 0.307. The van der Waals surface area contributed by atoms with Crippen molar-refractivity contribution in [2.24, 2.45) is 0 Å². The molecule has 3 rings (SSSR count). The molecule has 1 aromatic heterocycles. The first-order chi connectivity index (χ1) is 10.7. The predicted molar refractivity (Wildman–Crippen MR) is 87.9 cm³/mol. The summed E-state index contributed by atoms with van der Waals surface area (Å²) in [6.07, 6.45) is 0. The summed E-state index contributed by atoms with van der Waals surface area (Å²) in [6, 6.07) is 15.3. The van der Waals surface area contributed by atoms with Crippen LogP contribution in [0.25, 0.3) is 22.6 Å². The fourth-order valence-corrected chi connectivity index (χ4v) is 2.58. The van der Waals surface area contributed by atoms with Crippen molar-refractivity contribution in [1.29, 1.82) is 0 Å². The summed E-state index contributed by atoms with van der Waals surface area (Å²) in [5, 5.41) is 0. The Balaban J connectivity index is 2.25. The van der Waals surface area contributed by atoms with Gasteiger partial charge < -0.3 is 18.9 Å². The third-order valence-electron chi connectivity index (χ3n) is 3.38. The van der Waals surface area contributed by atoms with Gasteiger partial charge in [-0.25, -0.2) is 0 Å². The Morgan fingerprint density at radius 1 is 0.864 bits per heavy atom. The number of aromatic amines is 1. The molecule has 0 fully saturated rings. The van der Waals surface area contributed by atoms with Crippen LogP contribution in [0.3, 0.4) is 0 Å². The fourth-order valence-electron chi connectivity index (χ4n) is 2.39. The van der Waals surface area contributed by atoms with Gasteiger partial charge in [0.25, 0.3) is 4.84 Å². The largest absolute Gasteiger partial charge is 0.496 e. The van der Waals surface area contributed by atoms with E-state index in [4.69, 9.17) is 26.1 Å². The first-order valence-electron chi connectivity index (χ1n) is 6.74. The third kappa shape index (κ3) is 2.51. The zero-order valence-corrected chi connectivity index (χ0v) is 13.1. The molecular formula is C17H15NO3S. The predicted octanol–water partition coefficient (Wildman–Crippen LogP) is 4.69. The molecule has 1 heterocycles. The number of hydrogen-bond acceptors (Lipinski definition) is 4. The third-order valence-corrected chi connectivity index (χ3v) is 3.56. The van der Waals surface area contributed by atoms with Crippen molar-refractivity contribution in [3.63, 3.8) is 0 Å². The number of ether oxygens (including phenoxy) is 2. The van der Waals surface area contributed by atoms with Gasteiger partial charge in [0.15, 0.2) is 5.76 Å². The molecular weight excluding hydrogens is 298 g/mol. The van der Waals surface area contributed by atoms with E-state index in [2.05, 4.69) is 4.98 Å². The van der Waals surface area contributed by atoms with E-state index in [-0.39, 0.29) is 0 Å². The van der Waals surface area contributed by atoms with Gasteiger partial charge in [0.05, 0.1) is 25.5 Å². The Kier molecular flexibility index (Phi) is 3.98. The summed E-state index contributed by atoms with van der Waals surface area (Å²) in [4.78, 5) is 3.41. The van der Waals surface area contributed by atoms with Gasteiger partial charge in [0.1, 0.15) is 11.5 Å². The molecule has 0 atom stereocenters. The van der Waals surface area contributed by atoms with Crippen molar-refractivity contribution in [3.05, 3.63) is 53.4 Å². The molecule has 0 unspecified atom stereocenters. The molecule has 1 N–H and O–H groups in total. The first kappa shape index (κ1) is 14.4. The number of aromatic nitrogens is 1. The summed E-state index contributed by atoms with van der Waals surface area (Å²) in [5.74, 6) is 2.09. The molecule has 2 aromatic carbocycles. The van der Waals surface area contributed by atoms with E-state index in [0.29, 0.717) is 10.6 Å². The maximum Gasteiger partial charge on any atom is 0.266 e. The first-order valence-corrected chi connectivity index (χ1v) is 7.15. The van der Waals surface area contributed by atoms with Crippen LogP contribution < -0.4 is 9.47 Å². The van der Waals surface area contributed by atoms with Crippen molar-refractivity contribution >= 4 is 12.2 Å². The second-order valence-electron chi connectivity index (χ2n) is 4.62. The SMILES string of the molecule is COc1ccccc1-c1[nH]c(=S)oc1-c1ccccc1OC. The van der Waals surface area contributed by atoms with Crippen LogP contribution in [-0.4, -0.2) is 19.2 Å². The monoisotopic (exact) mass is 313 g/mol. The van der Waals surface area contributed by atoms with Crippen molar-refractivity contribution < 1.29 is 13.9 Å². The lowest BCUT2D eigenvalue weighted by Crippen LogP contribution is -1.91. The average Bonchev–Trinajstić information content (AvgIpc) is 2.96. The van der Waals surface area contributed by atoms with E-state index in [9.17, 15) is 0 Å². The number of hydrogen-bond donors (Lipinski definition) is 1. The quantitative estimate of drug-likeness (QED) is 0.710. The molecule has 0 spiro atoms. The van der Waals surface area contributed by atoms with Crippen LogP contribution in [0.5, 0.6) is 11.5 Å². The Morgan fingerprint density at radius 2 is 1.41 bits per heavy atom. The van der Waals surface area contributed by atoms with E-state index in [0.717, 1.165) is 28.3 Å². The standard InChI is InChI=1S/C17H15NO3S/c1-19-13-9-5-3-7-11(13)15-16(21-17(22)18-15)12-8-4-6-10-14(12)20-2/h3-10H,1-2H3,(H,18,22). The topological polar surface area (TPSA) is 47.4 Å². The minimum absolute atomic E-state index is 0.307. The molecule has 0 aliphatic carbocycles. The van der Waals surface area contributed by atoms with E-state index < -0.39 is 0 Å². The van der Waals surface area contributed by atoms with Gasteiger partial charge in [-0.15, -0.1) is 0 Å². The van der Waals surface area contributed by atoms with Gasteiger partial charge >= 0.3 is 0 Å². The molecule has 112 valence electrons. The van der Waals surface area contributed by atoms with Crippen LogP contribution in [0, 0.1) is 4.84 Å². The molecule has 0 radical (unpaired) electrons. The van der Waals surface area contributed by atoms with Gasteiger partial charge in [0.2, 0.25) is 0 Å². The zero-order valence-electron chi connectivity index (χ0n) is 12.3. The zero-order chi connectivity index (χ0) is 15.5. The second-order valence-corrected chi connectivity index (χ2v) is 4.99. The number of rotatable bonds is 4. The fraction of sp³-hybridized carbons (Fsp3) is 0.118. The summed E-state index contributed by atoms with van der Waals surface area (Å²) in [6.45, 7) is 0. The molecule has 4 nitrogen and oxygen atoms in total. The summed E-state index contributed by atoms with van der Waals surface area (Å²) < 4.78 is 16.6. The second kappa shape index (κ2) is 6.07. The van der Waals surface area contributed by atoms with E-state index in [1.54, 1.807) is 14.2 Å². The Morgan fingerprint density at radius 3 is 2.05 bits per heavy atom. The highest BCUT2D eigenvalue weighted by Gasteiger charge is 2.18. The van der Waals surface area contributed by atoms with Crippen molar-refractivity contribution in [3.8, 4) is 34.1 Å². The van der Waals surface area contributed by atoms with Crippen LogP contribution >= 0.6 is 12.2 Å². The van der Waals surface area contributed by atoms with Gasteiger partial charge in [-0.3, -0.25) is 0 Å². The summed E-state index contributed by atoms with van der Waals surface area (Å²) in [7, 11) is 3.26. The van der Waals surface area contributed by atoms with E-state index >= 15 is 0 Å². The van der Waals surface area contributed by atoms with Crippen molar-refractivity contribution in [1.82, 2.24) is 4.98 Å². The molecule has 3 aromatic rings. The number of nitrogens with one attached hydrogen (secondary N) is 1. The lowest BCUT2D eigenvalue weighted by atomic mass is 10.0. The maximum atomic E-state index is 5.72. The molecule has 0 amide bonds. The molecule has 5 heteroatoms. The van der Waals surface area contributed by atoms with E-state index in [1.807, 2.05) is 48.5 Å². The lowest BCUT2D eigenvalue weighted by molar-refractivity contribution is 0.414. The highest BCUT2D eigenvalue weighted by Crippen LogP contribution is 2.39. The van der Waals surface area contributed by atoms with Crippen LogP contribution in [0.15, 0.2) is 52.9 Å². The molecule has 22 heavy (non-hydrogen) atoms. The molecule has 0 aliphatic heterocycles. The number of H-pyrrole nitrogens is 1. The maximum absolute atomic E-state index is 5.72. The Bertz CT molecular complexity index is 783. The summed E-state index contributed by atoms with van der Waals surface area (Å²) in [5.41, 5.74) is 2.48. The highest BCUT2D eigenvalue weighted by atomic mass is 32.1. The Hall–Kier alpha value is -2.53. The van der Waals surface area contributed by atoms with Gasteiger partial charge in [-0.05, 0) is 36.5 Å². The highest BCUT2D eigenvalue weighted by molar-refractivity contribution is 7.71. The number of methoxy groups -OCH3 is 2. The number of oxazole rings is 1. The lowest BCUT2D eigenvalue weighted by Gasteiger charge is -2.10. The van der Waals surface area contributed by atoms with E-state index in [1.165, 1.54) is 0 Å². The molecule has 0 aliphatic rings. The van der Waals surface area contributed by atoms with Gasteiger partial charge in [0, 0.05) is 5.56 Å². The number of benzene rings is 2. The molecule has 0 saturated carbocycles. The number of para-hydroxylation sites is 2. The molecule has 0 bridgehead atoms. The van der Waals surface area contributed by atoms with Crippen LogP contribution in [0.4, 0.5) is 0 Å². The normalized spacial score (nSPS) is 10.5. The molecule has 0 saturated heterocycles. The van der Waals surface area contributed by atoms with Gasteiger partial charge in [-0.2, -0.15) is 0 Å². The van der Waals surface area contributed by atoms with Gasteiger partial charge in [-0.1, -0.05) is 24.3 Å². The summed E-state index contributed by atoms with van der Waals surface area (Å²) >= 11 is 5.18.